The summed E-state index contributed by atoms with van der Waals surface area (Å²) < 4.78 is 10.0. The number of ether oxygens (including phenoxy) is 1. The predicted molar refractivity (Wildman–Crippen MR) is 79.4 cm³/mol. The van der Waals surface area contributed by atoms with E-state index in [1.165, 1.54) is 12.1 Å². The lowest BCUT2D eigenvalue weighted by molar-refractivity contribution is -0.147. The van der Waals surface area contributed by atoms with Gasteiger partial charge in [-0.3, -0.25) is 19.7 Å². The van der Waals surface area contributed by atoms with Crippen molar-refractivity contribution in [3.05, 3.63) is 22.6 Å². The van der Waals surface area contributed by atoms with Crippen molar-refractivity contribution in [3.8, 4) is 0 Å². The van der Waals surface area contributed by atoms with Crippen molar-refractivity contribution >= 4 is 39.7 Å². The van der Waals surface area contributed by atoms with Gasteiger partial charge in [0.25, 0.3) is 11.8 Å². The van der Waals surface area contributed by atoms with E-state index in [0.29, 0.717) is 4.67 Å². The number of imide groups is 1. The van der Waals surface area contributed by atoms with E-state index in [-0.39, 0.29) is 11.8 Å². The first-order valence-electron chi connectivity index (χ1n) is 6.73. The van der Waals surface area contributed by atoms with Crippen LogP contribution in [0.25, 0.3) is 0 Å². The Morgan fingerprint density at radius 3 is 2.61 bits per heavy atom. The molecule has 1 aliphatic carbocycles. The zero-order valence-electron chi connectivity index (χ0n) is 11.9. The van der Waals surface area contributed by atoms with Crippen LogP contribution in [0.3, 0.4) is 0 Å². The third kappa shape index (κ3) is 6.10. The van der Waals surface area contributed by atoms with Crippen LogP contribution < -0.4 is 16.0 Å². The highest BCUT2D eigenvalue weighted by atomic mass is 79.9. The molecule has 124 valence electrons. The minimum atomic E-state index is -0.818. The SMILES string of the molecule is O=C(COC(=O)CNC(=O)c1ccc(Br)o1)NC(=O)NC1CC1. The maximum atomic E-state index is 11.6. The molecular weight excluding hydrogens is 374 g/mol. The zero-order valence-corrected chi connectivity index (χ0v) is 13.5. The molecule has 0 bridgehead atoms. The van der Waals surface area contributed by atoms with Gasteiger partial charge in [-0.05, 0) is 40.9 Å². The number of hydrogen-bond donors (Lipinski definition) is 3. The first kappa shape index (κ1) is 17.0. The van der Waals surface area contributed by atoms with Gasteiger partial charge in [0.05, 0.1) is 0 Å². The lowest BCUT2D eigenvalue weighted by Gasteiger charge is -2.07. The Hall–Kier alpha value is -2.36. The summed E-state index contributed by atoms with van der Waals surface area (Å²) in [4.78, 5) is 45.6. The number of urea groups is 1. The van der Waals surface area contributed by atoms with Gasteiger partial charge in [-0.25, -0.2) is 4.79 Å². The first-order chi connectivity index (χ1) is 10.9. The lowest BCUT2D eigenvalue weighted by atomic mass is 10.4. The maximum Gasteiger partial charge on any atom is 0.325 e. The highest BCUT2D eigenvalue weighted by Crippen LogP contribution is 2.18. The van der Waals surface area contributed by atoms with E-state index in [1.807, 2.05) is 5.32 Å². The van der Waals surface area contributed by atoms with Crippen molar-refractivity contribution in [1.82, 2.24) is 16.0 Å². The summed E-state index contributed by atoms with van der Waals surface area (Å²) in [5.41, 5.74) is 0. The number of carbonyl (C=O) groups is 4. The number of esters is 1. The van der Waals surface area contributed by atoms with Crippen molar-refractivity contribution in [2.75, 3.05) is 13.2 Å². The molecule has 1 heterocycles. The van der Waals surface area contributed by atoms with E-state index < -0.39 is 37.0 Å². The molecule has 0 radical (unpaired) electrons. The fourth-order valence-electron chi connectivity index (χ4n) is 1.48. The Kier molecular flexibility index (Phi) is 5.74. The van der Waals surface area contributed by atoms with Gasteiger partial charge in [0.15, 0.2) is 17.0 Å². The van der Waals surface area contributed by atoms with E-state index in [4.69, 9.17) is 4.42 Å². The average Bonchev–Trinajstić information content (AvgIpc) is 3.20. The minimum absolute atomic E-state index is 0.0270. The van der Waals surface area contributed by atoms with Crippen LogP contribution in [-0.4, -0.2) is 43.0 Å². The van der Waals surface area contributed by atoms with Gasteiger partial charge in [-0.1, -0.05) is 0 Å². The summed E-state index contributed by atoms with van der Waals surface area (Å²) in [6, 6.07) is 2.45. The van der Waals surface area contributed by atoms with Gasteiger partial charge in [0.2, 0.25) is 0 Å². The molecule has 10 heteroatoms. The number of rotatable bonds is 6. The van der Waals surface area contributed by atoms with Gasteiger partial charge in [-0.2, -0.15) is 0 Å². The maximum absolute atomic E-state index is 11.6. The van der Waals surface area contributed by atoms with E-state index in [2.05, 4.69) is 31.3 Å². The van der Waals surface area contributed by atoms with Crippen LogP contribution in [0, 0.1) is 0 Å². The molecule has 0 atom stereocenters. The molecule has 1 aromatic rings. The second-order valence-electron chi connectivity index (χ2n) is 4.74. The molecule has 0 spiro atoms. The van der Waals surface area contributed by atoms with Gasteiger partial charge >= 0.3 is 12.0 Å². The normalized spacial score (nSPS) is 13.1. The number of hydrogen-bond acceptors (Lipinski definition) is 6. The summed E-state index contributed by atoms with van der Waals surface area (Å²) in [7, 11) is 0. The average molecular weight is 388 g/mol. The van der Waals surface area contributed by atoms with Gasteiger partial charge in [-0.15, -0.1) is 0 Å². The second-order valence-corrected chi connectivity index (χ2v) is 5.52. The Bertz CT molecular complexity index is 625. The van der Waals surface area contributed by atoms with Crippen molar-refractivity contribution in [3.63, 3.8) is 0 Å². The van der Waals surface area contributed by atoms with Gasteiger partial charge in [0.1, 0.15) is 6.54 Å². The minimum Gasteiger partial charge on any atom is -0.454 e. The quantitative estimate of drug-likeness (QED) is 0.602. The number of amides is 4. The first-order valence-corrected chi connectivity index (χ1v) is 7.53. The molecule has 1 aliphatic rings. The molecule has 9 nitrogen and oxygen atoms in total. The van der Waals surface area contributed by atoms with E-state index >= 15 is 0 Å². The van der Waals surface area contributed by atoms with Crippen LogP contribution in [0.4, 0.5) is 4.79 Å². The molecule has 0 unspecified atom stereocenters. The molecule has 3 N–H and O–H groups in total. The highest BCUT2D eigenvalue weighted by Gasteiger charge is 2.24. The Balaban J connectivity index is 1.61. The van der Waals surface area contributed by atoms with Crippen molar-refractivity contribution < 1.29 is 28.3 Å². The number of nitrogens with one attached hydrogen (secondary N) is 3. The highest BCUT2D eigenvalue weighted by molar-refractivity contribution is 9.10. The second kappa shape index (κ2) is 7.77. The Labute approximate surface area is 139 Å². The van der Waals surface area contributed by atoms with Crippen LogP contribution in [0.5, 0.6) is 0 Å². The van der Waals surface area contributed by atoms with Crippen LogP contribution >= 0.6 is 15.9 Å². The molecule has 1 fully saturated rings. The van der Waals surface area contributed by atoms with Gasteiger partial charge < -0.3 is 19.8 Å². The van der Waals surface area contributed by atoms with Crippen molar-refractivity contribution in [1.29, 1.82) is 0 Å². The predicted octanol–water partition coefficient (Wildman–Crippen LogP) is 0.303. The zero-order chi connectivity index (χ0) is 16.8. The monoisotopic (exact) mass is 387 g/mol. The summed E-state index contributed by atoms with van der Waals surface area (Å²) in [6.45, 7) is -1.04. The van der Waals surface area contributed by atoms with Crippen LogP contribution in [0.2, 0.25) is 0 Å². The molecule has 1 aromatic heterocycles. The molecule has 23 heavy (non-hydrogen) atoms. The van der Waals surface area contributed by atoms with Crippen molar-refractivity contribution in [2.45, 2.75) is 18.9 Å². The van der Waals surface area contributed by atoms with Crippen LogP contribution in [0.15, 0.2) is 21.2 Å². The fourth-order valence-corrected chi connectivity index (χ4v) is 1.79. The molecule has 2 rings (SSSR count). The summed E-state index contributed by atoms with van der Waals surface area (Å²) in [5, 5.41) is 6.85. The van der Waals surface area contributed by atoms with E-state index in [9.17, 15) is 19.2 Å². The number of halogens is 1. The molecule has 1 saturated carbocycles. The topological polar surface area (TPSA) is 127 Å². The summed E-state index contributed by atoms with van der Waals surface area (Å²) >= 11 is 3.04. The summed E-state index contributed by atoms with van der Waals surface area (Å²) in [6.07, 6.45) is 1.78. The molecule has 4 amide bonds. The fraction of sp³-hybridized carbons (Fsp3) is 0.385. The summed E-state index contributed by atoms with van der Waals surface area (Å²) in [5.74, 6) is -2.14. The number of furan rings is 1. The smallest absolute Gasteiger partial charge is 0.325 e. The van der Waals surface area contributed by atoms with E-state index in [1.54, 1.807) is 0 Å². The van der Waals surface area contributed by atoms with Crippen LogP contribution in [0.1, 0.15) is 23.4 Å². The lowest BCUT2D eigenvalue weighted by Crippen LogP contribution is -2.42. The molecule has 0 saturated heterocycles. The largest absolute Gasteiger partial charge is 0.454 e. The van der Waals surface area contributed by atoms with Crippen molar-refractivity contribution in [2.24, 2.45) is 0 Å². The Morgan fingerprint density at radius 1 is 1.26 bits per heavy atom. The third-order valence-electron chi connectivity index (χ3n) is 2.72. The standard InChI is InChI=1S/C13H14BrN3O6/c14-9-4-3-8(23-9)12(20)15-5-11(19)22-6-10(18)17-13(21)16-7-1-2-7/h3-4,7H,1-2,5-6H2,(H,15,20)(H2,16,17,18,21). The van der Waals surface area contributed by atoms with Gasteiger partial charge in [0, 0.05) is 6.04 Å². The molecule has 0 aliphatic heterocycles. The van der Waals surface area contributed by atoms with E-state index in [0.717, 1.165) is 12.8 Å². The van der Waals surface area contributed by atoms with Crippen LogP contribution in [-0.2, 0) is 14.3 Å². The molecule has 0 aromatic carbocycles. The third-order valence-corrected chi connectivity index (χ3v) is 3.15. The number of carbonyl (C=O) groups excluding carboxylic acids is 4. The molecular formula is C13H14BrN3O6. The Morgan fingerprint density at radius 2 is 2.00 bits per heavy atom.